The normalized spacial score (nSPS) is 33.6. The lowest BCUT2D eigenvalue weighted by molar-refractivity contribution is 0.383. The van der Waals surface area contributed by atoms with Crippen molar-refractivity contribution in [3.63, 3.8) is 0 Å². The van der Waals surface area contributed by atoms with Crippen LogP contribution >= 0.6 is 0 Å². The van der Waals surface area contributed by atoms with Gasteiger partial charge in [-0.2, -0.15) is 0 Å². The summed E-state index contributed by atoms with van der Waals surface area (Å²) in [5.74, 6) is 0.600. The summed E-state index contributed by atoms with van der Waals surface area (Å²) in [5, 5.41) is -0.0498. The number of hydrogen-bond acceptors (Lipinski definition) is 2. The van der Waals surface area contributed by atoms with Crippen LogP contribution in [0.2, 0.25) is 0 Å². The van der Waals surface area contributed by atoms with Gasteiger partial charge in [-0.15, -0.1) is 0 Å². The average Bonchev–Trinajstić information content (AvgIpc) is 1.86. The van der Waals surface area contributed by atoms with Crippen LogP contribution in [0.4, 0.5) is 0 Å². The Morgan fingerprint density at radius 1 is 1.27 bits per heavy atom. The summed E-state index contributed by atoms with van der Waals surface area (Å²) >= 11 is 0. The second kappa shape index (κ2) is 3.13. The number of rotatable bonds is 1. The first-order chi connectivity index (χ1) is 5.00. The van der Waals surface area contributed by atoms with E-state index in [4.69, 9.17) is 0 Å². The first kappa shape index (κ1) is 9.04. The smallest absolute Gasteiger partial charge is 0.150 e. The zero-order valence-electron chi connectivity index (χ0n) is 7.21. The van der Waals surface area contributed by atoms with Gasteiger partial charge in [0.25, 0.3) is 0 Å². The summed E-state index contributed by atoms with van der Waals surface area (Å²) in [6, 6.07) is 0. The van der Waals surface area contributed by atoms with E-state index in [0.29, 0.717) is 5.92 Å². The molecule has 66 valence electrons. The number of sulfone groups is 1. The third-order valence-corrected chi connectivity index (χ3v) is 4.13. The molecule has 0 saturated heterocycles. The molecule has 0 radical (unpaired) electrons. The molecule has 0 heterocycles. The highest BCUT2D eigenvalue weighted by molar-refractivity contribution is 7.91. The Hall–Kier alpha value is -0.0500. The summed E-state index contributed by atoms with van der Waals surface area (Å²) in [7, 11) is -2.76. The summed E-state index contributed by atoms with van der Waals surface area (Å²) in [6.45, 7) is 2.14. The number of hydrogen-bond donors (Lipinski definition) is 0. The van der Waals surface area contributed by atoms with Crippen LogP contribution in [-0.4, -0.2) is 19.9 Å². The molecule has 1 rings (SSSR count). The van der Waals surface area contributed by atoms with Gasteiger partial charge in [-0.05, 0) is 18.8 Å². The van der Waals surface area contributed by atoms with Gasteiger partial charge in [0.1, 0.15) is 9.84 Å². The van der Waals surface area contributed by atoms with E-state index in [2.05, 4.69) is 6.92 Å². The van der Waals surface area contributed by atoms with Crippen LogP contribution in [-0.2, 0) is 9.84 Å². The second-order valence-corrected chi connectivity index (χ2v) is 6.05. The molecule has 11 heavy (non-hydrogen) atoms. The monoisotopic (exact) mass is 176 g/mol. The van der Waals surface area contributed by atoms with Crippen molar-refractivity contribution in [3.05, 3.63) is 0 Å². The van der Waals surface area contributed by atoms with Crippen LogP contribution in [0.25, 0.3) is 0 Å². The van der Waals surface area contributed by atoms with Gasteiger partial charge in [-0.25, -0.2) is 8.42 Å². The molecule has 1 aliphatic carbocycles. The first-order valence-electron chi connectivity index (χ1n) is 4.19. The van der Waals surface area contributed by atoms with Crippen molar-refractivity contribution in [2.75, 3.05) is 6.26 Å². The molecule has 0 spiro atoms. The van der Waals surface area contributed by atoms with Crippen molar-refractivity contribution in [1.82, 2.24) is 0 Å². The Bertz CT molecular complexity index is 218. The molecule has 0 aromatic carbocycles. The topological polar surface area (TPSA) is 34.1 Å². The van der Waals surface area contributed by atoms with Crippen molar-refractivity contribution in [2.24, 2.45) is 5.92 Å². The highest BCUT2D eigenvalue weighted by Crippen LogP contribution is 2.27. The molecule has 0 amide bonds. The fourth-order valence-corrected chi connectivity index (χ4v) is 3.04. The molecule has 0 aromatic rings. The Morgan fingerprint density at radius 3 is 2.27 bits per heavy atom. The third kappa shape index (κ3) is 2.47. The molecular formula is C8H16O2S. The van der Waals surface area contributed by atoms with E-state index in [1.165, 1.54) is 12.7 Å². The van der Waals surface area contributed by atoms with E-state index in [-0.39, 0.29) is 5.25 Å². The summed E-state index contributed by atoms with van der Waals surface area (Å²) < 4.78 is 22.3. The molecule has 0 aliphatic heterocycles. The Labute approximate surface area is 68.9 Å². The van der Waals surface area contributed by atoms with Crippen molar-refractivity contribution >= 4 is 9.84 Å². The van der Waals surface area contributed by atoms with E-state index in [1.807, 2.05) is 0 Å². The molecule has 2 nitrogen and oxygen atoms in total. The third-order valence-electron chi connectivity index (χ3n) is 2.49. The Kier molecular flexibility index (Phi) is 2.58. The lowest BCUT2D eigenvalue weighted by Crippen LogP contribution is -2.26. The molecule has 2 atom stereocenters. The van der Waals surface area contributed by atoms with Gasteiger partial charge in [0, 0.05) is 6.26 Å². The quantitative estimate of drug-likeness (QED) is 0.608. The highest BCUT2D eigenvalue weighted by atomic mass is 32.2. The van der Waals surface area contributed by atoms with Crippen LogP contribution in [0.5, 0.6) is 0 Å². The molecule has 0 bridgehead atoms. The van der Waals surface area contributed by atoms with Crippen LogP contribution < -0.4 is 0 Å². The van der Waals surface area contributed by atoms with Crippen molar-refractivity contribution < 1.29 is 8.42 Å². The van der Waals surface area contributed by atoms with Gasteiger partial charge in [0.2, 0.25) is 0 Å². The van der Waals surface area contributed by atoms with Crippen LogP contribution in [0.3, 0.4) is 0 Å². The Balaban J connectivity index is 2.60. The van der Waals surface area contributed by atoms with E-state index >= 15 is 0 Å². The minimum absolute atomic E-state index is 0.0498. The minimum Gasteiger partial charge on any atom is -0.229 e. The fraction of sp³-hybridized carbons (Fsp3) is 1.00. The average molecular weight is 176 g/mol. The van der Waals surface area contributed by atoms with Crippen molar-refractivity contribution in [3.8, 4) is 0 Å². The van der Waals surface area contributed by atoms with E-state index in [0.717, 1.165) is 19.3 Å². The zero-order chi connectivity index (χ0) is 8.48. The van der Waals surface area contributed by atoms with Gasteiger partial charge < -0.3 is 0 Å². The minimum atomic E-state index is -2.76. The standard InChI is InChI=1S/C8H16O2S/c1-7-4-3-5-8(6-7)11(2,9)10/h7-8H,3-6H2,1-2H3/t7-,8-/m0/s1. The highest BCUT2D eigenvalue weighted by Gasteiger charge is 2.26. The van der Waals surface area contributed by atoms with Gasteiger partial charge >= 0.3 is 0 Å². The summed E-state index contributed by atoms with van der Waals surface area (Å²) in [5.41, 5.74) is 0. The SMILES string of the molecule is C[C@H]1CCC[C@H](S(C)(=O)=O)C1. The van der Waals surface area contributed by atoms with Gasteiger partial charge in [0.05, 0.1) is 5.25 Å². The predicted molar refractivity (Wildman–Crippen MR) is 46.3 cm³/mol. The first-order valence-corrected chi connectivity index (χ1v) is 6.14. The molecular weight excluding hydrogens is 160 g/mol. The molecule has 1 aliphatic rings. The van der Waals surface area contributed by atoms with E-state index < -0.39 is 9.84 Å². The van der Waals surface area contributed by atoms with Gasteiger partial charge in [-0.3, -0.25) is 0 Å². The van der Waals surface area contributed by atoms with Gasteiger partial charge in [0.15, 0.2) is 0 Å². The van der Waals surface area contributed by atoms with Crippen molar-refractivity contribution in [2.45, 2.75) is 37.9 Å². The van der Waals surface area contributed by atoms with E-state index in [9.17, 15) is 8.42 Å². The Morgan fingerprint density at radius 2 is 1.91 bits per heavy atom. The maximum atomic E-state index is 11.1. The lowest BCUT2D eigenvalue weighted by atomic mass is 9.91. The molecule has 0 aromatic heterocycles. The lowest BCUT2D eigenvalue weighted by Gasteiger charge is -2.24. The fourth-order valence-electron chi connectivity index (χ4n) is 1.77. The van der Waals surface area contributed by atoms with Crippen LogP contribution in [0.1, 0.15) is 32.6 Å². The van der Waals surface area contributed by atoms with Gasteiger partial charge in [-0.1, -0.05) is 19.8 Å². The maximum absolute atomic E-state index is 11.1. The van der Waals surface area contributed by atoms with Crippen LogP contribution in [0.15, 0.2) is 0 Å². The van der Waals surface area contributed by atoms with E-state index in [1.54, 1.807) is 0 Å². The maximum Gasteiger partial charge on any atom is 0.150 e. The summed E-state index contributed by atoms with van der Waals surface area (Å²) in [6.07, 6.45) is 5.39. The zero-order valence-corrected chi connectivity index (χ0v) is 8.02. The van der Waals surface area contributed by atoms with Crippen LogP contribution in [0, 0.1) is 5.92 Å². The second-order valence-electron chi connectivity index (χ2n) is 3.72. The molecule has 3 heteroatoms. The van der Waals surface area contributed by atoms with Crippen molar-refractivity contribution in [1.29, 1.82) is 0 Å². The molecule has 0 unspecified atom stereocenters. The molecule has 0 N–H and O–H groups in total. The predicted octanol–water partition coefficient (Wildman–Crippen LogP) is 1.61. The largest absolute Gasteiger partial charge is 0.229 e. The molecule has 1 fully saturated rings. The molecule has 1 saturated carbocycles. The summed E-state index contributed by atoms with van der Waals surface area (Å²) in [4.78, 5) is 0.